The number of hydrogen-bond acceptors (Lipinski definition) is 7. The van der Waals surface area contributed by atoms with Crippen molar-refractivity contribution in [2.75, 3.05) is 37.7 Å². The molecule has 18 heteroatoms. The van der Waals surface area contributed by atoms with Crippen LogP contribution in [0.3, 0.4) is 0 Å². The van der Waals surface area contributed by atoms with Gasteiger partial charge in [-0.3, -0.25) is 23.9 Å². The summed E-state index contributed by atoms with van der Waals surface area (Å²) in [6.45, 7) is 15.5. The molecule has 3 rings (SSSR count). The van der Waals surface area contributed by atoms with Gasteiger partial charge in [-0.2, -0.15) is 13.2 Å². The quantitative estimate of drug-likeness (QED) is 0.0704. The van der Waals surface area contributed by atoms with Crippen molar-refractivity contribution in [3.05, 3.63) is 116 Å². The number of esters is 1. The molecule has 56 heavy (non-hydrogen) atoms. The third-order valence-electron chi connectivity index (χ3n) is 7.49. The van der Waals surface area contributed by atoms with Crippen LogP contribution in [0.5, 0.6) is 0 Å². The minimum atomic E-state index is -4.86. The number of alkyl halides is 6. The van der Waals surface area contributed by atoms with Gasteiger partial charge in [-0.25, -0.2) is 14.2 Å². The van der Waals surface area contributed by atoms with E-state index in [1.165, 1.54) is 17.0 Å². The van der Waals surface area contributed by atoms with Gasteiger partial charge in [0.15, 0.2) is 4.84 Å². The van der Waals surface area contributed by atoms with Crippen molar-refractivity contribution in [2.45, 2.75) is 57.7 Å². The number of methoxy groups -OCH3 is 1. The predicted molar refractivity (Wildman–Crippen MR) is 216 cm³/mol. The summed E-state index contributed by atoms with van der Waals surface area (Å²) in [6.07, 6.45) is -0.338. The molecular weight excluding hydrogens is 823 g/mol. The van der Waals surface area contributed by atoms with Crippen molar-refractivity contribution in [3.8, 4) is 5.69 Å². The molecule has 0 saturated carbocycles. The van der Waals surface area contributed by atoms with Gasteiger partial charge in [-0.1, -0.05) is 79.0 Å². The monoisotopic (exact) mass is 866 g/mol. The fourth-order valence-corrected chi connectivity index (χ4v) is 5.57. The zero-order valence-electron chi connectivity index (χ0n) is 31.8. The van der Waals surface area contributed by atoms with Gasteiger partial charge in [0.25, 0.3) is 11.5 Å². The number of carbonyl (C=O) groups excluding carboxylic acids is 3. The first kappa shape index (κ1) is 49.9. The summed E-state index contributed by atoms with van der Waals surface area (Å²) >= 11 is 22.4. The molecule has 11 nitrogen and oxygen atoms in total. The third-order valence-corrected chi connectivity index (χ3v) is 8.42. The van der Waals surface area contributed by atoms with Crippen molar-refractivity contribution in [3.63, 3.8) is 0 Å². The fraction of sp³-hybridized carbons (Fsp3) is 0.395. The maximum atomic E-state index is 12.9. The molecule has 0 aliphatic heterocycles. The Kier molecular flexibility index (Phi) is 21.3. The number of anilines is 1. The van der Waals surface area contributed by atoms with E-state index < -0.39 is 40.0 Å². The SMILES string of the molecule is C=CCN(CC=C)C(=O)C(Cl)Cl.CC(C)OC(=O)c1cc(-n2c(=O)cc(C(F)(F)F)n(C)c2=O)ccc1Cl.CCc1cccc(CC)c1N(COC)C(=O)CCl. The van der Waals surface area contributed by atoms with E-state index in [2.05, 4.69) is 27.0 Å². The second-order valence-electron chi connectivity index (χ2n) is 11.8. The highest BCUT2D eigenvalue weighted by molar-refractivity contribution is 6.53. The Hall–Kier alpha value is -4.08. The molecule has 0 saturated heterocycles. The number of amides is 2. The topological polar surface area (TPSA) is 120 Å². The Morgan fingerprint density at radius 1 is 0.964 bits per heavy atom. The van der Waals surface area contributed by atoms with Crippen LogP contribution in [-0.4, -0.2) is 75.6 Å². The highest BCUT2D eigenvalue weighted by Gasteiger charge is 2.35. The van der Waals surface area contributed by atoms with Crippen LogP contribution >= 0.6 is 46.4 Å². The second kappa shape index (κ2) is 23.9. The molecule has 1 aromatic heterocycles. The number of hydrogen-bond donors (Lipinski definition) is 0. The van der Waals surface area contributed by atoms with Crippen LogP contribution in [-0.2, 0) is 45.1 Å². The predicted octanol–water partition coefficient (Wildman–Crippen LogP) is 7.75. The van der Waals surface area contributed by atoms with E-state index in [1.54, 1.807) is 38.0 Å². The van der Waals surface area contributed by atoms with Crippen molar-refractivity contribution >= 4 is 69.9 Å². The first-order valence-corrected chi connectivity index (χ1v) is 18.7. The van der Waals surface area contributed by atoms with Crippen molar-refractivity contribution in [1.29, 1.82) is 0 Å². The molecule has 308 valence electrons. The highest BCUT2D eigenvalue weighted by atomic mass is 35.5. The molecule has 0 bridgehead atoms. The van der Waals surface area contributed by atoms with Crippen LogP contribution < -0.4 is 16.1 Å². The summed E-state index contributed by atoms with van der Waals surface area (Å²) in [5.41, 5.74) is -0.765. The van der Waals surface area contributed by atoms with Gasteiger partial charge in [-0.15, -0.1) is 24.8 Å². The minimum Gasteiger partial charge on any atom is -0.459 e. The van der Waals surface area contributed by atoms with Crippen LogP contribution in [0.4, 0.5) is 18.9 Å². The number of benzene rings is 2. The molecular formula is C38H45Cl4F3N4O7. The van der Waals surface area contributed by atoms with Crippen LogP contribution in [0.1, 0.15) is 54.9 Å². The number of ether oxygens (including phenoxy) is 2. The van der Waals surface area contributed by atoms with Crippen LogP contribution in [0.15, 0.2) is 77.4 Å². The van der Waals surface area contributed by atoms with E-state index >= 15 is 0 Å². The lowest BCUT2D eigenvalue weighted by atomic mass is 10.0. The number of aryl methyl sites for hydroxylation is 2. The Balaban J connectivity index is 0.000000455. The zero-order valence-corrected chi connectivity index (χ0v) is 34.8. The summed E-state index contributed by atoms with van der Waals surface area (Å²) < 4.78 is 49.7. The van der Waals surface area contributed by atoms with Crippen LogP contribution in [0.2, 0.25) is 5.02 Å². The third kappa shape index (κ3) is 14.1. The summed E-state index contributed by atoms with van der Waals surface area (Å²) in [5.74, 6) is -1.28. The molecule has 0 fully saturated rings. The van der Waals surface area contributed by atoms with E-state index in [0.717, 1.165) is 42.8 Å². The summed E-state index contributed by atoms with van der Waals surface area (Å²) in [4.78, 5) is 61.7. The van der Waals surface area contributed by atoms with Crippen LogP contribution in [0, 0.1) is 0 Å². The second-order valence-corrected chi connectivity index (χ2v) is 13.6. The van der Waals surface area contributed by atoms with Crippen LogP contribution in [0.25, 0.3) is 5.69 Å². The molecule has 0 radical (unpaired) electrons. The average Bonchev–Trinajstić information content (AvgIpc) is 3.14. The zero-order chi connectivity index (χ0) is 42.9. The van der Waals surface area contributed by atoms with Gasteiger partial charge in [0, 0.05) is 33.3 Å². The first-order valence-electron chi connectivity index (χ1n) is 16.9. The first-order chi connectivity index (χ1) is 26.2. The van der Waals surface area contributed by atoms with Gasteiger partial charge in [0.05, 0.1) is 28.1 Å². The van der Waals surface area contributed by atoms with Gasteiger partial charge >= 0.3 is 17.8 Å². The number of carbonyl (C=O) groups is 3. The van der Waals surface area contributed by atoms with Crippen molar-refractivity contribution in [2.24, 2.45) is 7.05 Å². The van der Waals surface area contributed by atoms with E-state index in [-0.39, 0.29) is 40.7 Å². The highest BCUT2D eigenvalue weighted by Crippen LogP contribution is 2.28. The van der Waals surface area contributed by atoms with E-state index in [4.69, 9.17) is 55.9 Å². The van der Waals surface area contributed by atoms with Gasteiger partial charge < -0.3 is 14.4 Å². The fourth-order valence-electron chi connectivity index (χ4n) is 4.95. The molecule has 0 N–H and O–H groups in total. The van der Waals surface area contributed by atoms with Gasteiger partial charge in [0.1, 0.15) is 18.3 Å². The van der Waals surface area contributed by atoms with E-state index in [1.807, 2.05) is 18.2 Å². The molecule has 2 aromatic carbocycles. The molecule has 0 aliphatic carbocycles. The van der Waals surface area contributed by atoms with Crippen molar-refractivity contribution < 1.29 is 37.0 Å². The summed E-state index contributed by atoms with van der Waals surface area (Å²) in [7, 11) is 2.47. The largest absolute Gasteiger partial charge is 0.459 e. The molecule has 2 amide bonds. The number of nitrogens with zero attached hydrogens (tertiary/aromatic N) is 4. The lowest BCUT2D eigenvalue weighted by Crippen LogP contribution is -2.40. The van der Waals surface area contributed by atoms with E-state index in [0.29, 0.717) is 28.3 Å². The number of para-hydroxylation sites is 1. The van der Waals surface area contributed by atoms with Crippen molar-refractivity contribution in [1.82, 2.24) is 14.0 Å². The molecule has 0 spiro atoms. The molecule has 0 unspecified atom stereocenters. The Morgan fingerprint density at radius 3 is 1.95 bits per heavy atom. The maximum Gasteiger partial charge on any atom is 0.431 e. The Labute approximate surface area is 343 Å². The normalized spacial score (nSPS) is 10.8. The lowest BCUT2D eigenvalue weighted by Gasteiger charge is -2.26. The number of aromatic nitrogens is 2. The molecule has 1 heterocycles. The van der Waals surface area contributed by atoms with E-state index in [9.17, 15) is 37.1 Å². The number of rotatable bonds is 14. The smallest absolute Gasteiger partial charge is 0.431 e. The van der Waals surface area contributed by atoms with Gasteiger partial charge in [-0.05, 0) is 56.0 Å². The maximum absolute atomic E-state index is 12.9. The molecule has 0 atom stereocenters. The summed E-state index contributed by atoms with van der Waals surface area (Å²) in [5, 5.41) is 0.0104. The molecule has 3 aromatic rings. The lowest BCUT2D eigenvalue weighted by molar-refractivity contribution is -0.144. The standard InChI is InChI=1S/C16H14ClF3N2O4.C14H20ClNO2.C8H11Cl2NO/c1-8(2)26-14(24)10-6-9(4-5-11(10)17)22-13(23)7-12(16(18,19)20)21(3)15(22)25;1-4-11-7-6-8-12(5-2)14(11)16(10-18-3)13(17)9-15;1-3-5-11(6-4-2)8(12)7(9)10/h4-8H,1-3H3;6-8H,4-5,9-10H2,1-3H3;3-4,7H,1-2,5-6H2. The number of halogens is 7. The van der Waals surface area contributed by atoms with Gasteiger partial charge in [0.2, 0.25) is 5.91 Å². The minimum absolute atomic E-state index is 0.0104. The molecule has 0 aliphatic rings. The Bertz CT molecular complexity index is 1920. The average molecular weight is 869 g/mol. The summed E-state index contributed by atoms with van der Waals surface area (Å²) in [6, 6.07) is 10.0. The Morgan fingerprint density at radius 2 is 1.52 bits per heavy atom.